The quantitative estimate of drug-likeness (QED) is 0.717. The summed E-state index contributed by atoms with van der Waals surface area (Å²) in [5, 5.41) is 6.07. The first-order valence-electron chi connectivity index (χ1n) is 5.57. The number of hydrogen-bond acceptors (Lipinski definition) is 3. The van der Waals surface area contributed by atoms with Crippen LogP contribution in [-0.2, 0) is 9.53 Å². The molecule has 1 fully saturated rings. The average Bonchev–Trinajstić information content (AvgIpc) is 2.62. The fraction of sp³-hybridized carbons (Fsp3) is 0.909. The summed E-state index contributed by atoms with van der Waals surface area (Å²) in [5.74, 6) is 0.570. The minimum atomic E-state index is -0.00614. The van der Waals surface area contributed by atoms with Gasteiger partial charge in [0.25, 0.3) is 0 Å². The Morgan fingerprint density at radius 1 is 1.47 bits per heavy atom. The van der Waals surface area contributed by atoms with E-state index in [1.54, 1.807) is 0 Å². The number of amides is 1. The molecule has 88 valence electrons. The van der Waals surface area contributed by atoms with Crippen molar-refractivity contribution in [2.45, 2.75) is 32.7 Å². The van der Waals surface area contributed by atoms with Gasteiger partial charge >= 0.3 is 0 Å². The zero-order valence-electron chi connectivity index (χ0n) is 9.93. The number of nitrogens with one attached hydrogen (secondary N) is 2. The largest absolute Gasteiger partial charge is 0.381 e. The molecule has 1 rings (SSSR count). The van der Waals surface area contributed by atoms with Crippen molar-refractivity contribution in [1.82, 2.24) is 10.6 Å². The Balaban J connectivity index is 2.08. The van der Waals surface area contributed by atoms with Crippen LogP contribution in [0.2, 0.25) is 0 Å². The summed E-state index contributed by atoms with van der Waals surface area (Å²) < 4.78 is 5.24. The van der Waals surface area contributed by atoms with Crippen LogP contribution in [0.3, 0.4) is 0 Å². The third-order valence-electron chi connectivity index (χ3n) is 2.39. The number of carbonyl (C=O) groups is 1. The predicted molar refractivity (Wildman–Crippen MR) is 59.7 cm³/mol. The maximum absolute atomic E-state index is 11.4. The molecule has 15 heavy (non-hydrogen) atoms. The maximum atomic E-state index is 11.4. The Morgan fingerprint density at radius 3 is 2.73 bits per heavy atom. The molecule has 2 N–H and O–H groups in total. The lowest BCUT2D eigenvalue weighted by molar-refractivity contribution is -0.120. The van der Waals surface area contributed by atoms with Gasteiger partial charge in [-0.3, -0.25) is 4.79 Å². The SMILES string of the molecule is CC(C)(C)NCC(=O)NCC1CCOC1. The first kappa shape index (κ1) is 12.5. The van der Waals surface area contributed by atoms with Crippen molar-refractivity contribution in [3.8, 4) is 0 Å². The molecule has 0 aliphatic carbocycles. The fourth-order valence-corrected chi connectivity index (χ4v) is 1.41. The van der Waals surface area contributed by atoms with Gasteiger partial charge in [-0.15, -0.1) is 0 Å². The highest BCUT2D eigenvalue weighted by molar-refractivity contribution is 5.78. The van der Waals surface area contributed by atoms with Crippen LogP contribution < -0.4 is 10.6 Å². The molecule has 1 atom stereocenters. The molecule has 1 unspecified atom stereocenters. The van der Waals surface area contributed by atoms with Gasteiger partial charge in [-0.1, -0.05) is 0 Å². The lowest BCUT2D eigenvalue weighted by atomic mass is 10.1. The van der Waals surface area contributed by atoms with E-state index < -0.39 is 0 Å². The zero-order valence-corrected chi connectivity index (χ0v) is 9.93. The molecule has 1 amide bonds. The van der Waals surface area contributed by atoms with Gasteiger partial charge in [0.2, 0.25) is 5.91 Å². The number of carbonyl (C=O) groups excluding carboxylic acids is 1. The molecule has 4 heteroatoms. The van der Waals surface area contributed by atoms with Crippen LogP contribution in [-0.4, -0.2) is 37.7 Å². The minimum absolute atomic E-state index is 0.00614. The molecule has 1 heterocycles. The second-order valence-corrected chi connectivity index (χ2v) is 5.14. The second kappa shape index (κ2) is 5.47. The normalized spacial score (nSPS) is 21.7. The van der Waals surface area contributed by atoms with E-state index in [1.165, 1.54) is 0 Å². The molecular weight excluding hydrogens is 192 g/mol. The summed E-state index contributed by atoms with van der Waals surface area (Å²) in [6.07, 6.45) is 1.06. The number of hydrogen-bond donors (Lipinski definition) is 2. The second-order valence-electron chi connectivity index (χ2n) is 5.14. The third kappa shape index (κ3) is 5.74. The van der Waals surface area contributed by atoms with Crippen LogP contribution >= 0.6 is 0 Å². The Bertz CT molecular complexity index is 205. The first-order valence-corrected chi connectivity index (χ1v) is 5.57. The van der Waals surface area contributed by atoms with Gasteiger partial charge in [-0.2, -0.15) is 0 Å². The molecule has 4 nitrogen and oxygen atoms in total. The molecule has 0 aromatic carbocycles. The van der Waals surface area contributed by atoms with Gasteiger partial charge < -0.3 is 15.4 Å². The van der Waals surface area contributed by atoms with E-state index in [1.807, 2.05) is 20.8 Å². The highest BCUT2D eigenvalue weighted by Crippen LogP contribution is 2.10. The van der Waals surface area contributed by atoms with Crippen LogP contribution in [0.1, 0.15) is 27.2 Å². The summed E-state index contributed by atoms with van der Waals surface area (Å²) in [4.78, 5) is 11.4. The smallest absolute Gasteiger partial charge is 0.233 e. The number of ether oxygens (including phenoxy) is 1. The molecule has 0 aromatic rings. The topological polar surface area (TPSA) is 50.4 Å². The van der Waals surface area contributed by atoms with Crippen LogP contribution in [0.4, 0.5) is 0 Å². The van der Waals surface area contributed by atoms with Crippen molar-refractivity contribution in [2.75, 3.05) is 26.3 Å². The van der Waals surface area contributed by atoms with Gasteiger partial charge in [0.15, 0.2) is 0 Å². The lowest BCUT2D eigenvalue weighted by Crippen LogP contribution is -2.44. The van der Waals surface area contributed by atoms with Crippen LogP contribution in [0.15, 0.2) is 0 Å². The van der Waals surface area contributed by atoms with Crippen molar-refractivity contribution in [2.24, 2.45) is 5.92 Å². The van der Waals surface area contributed by atoms with Crippen molar-refractivity contribution in [3.63, 3.8) is 0 Å². The number of rotatable bonds is 4. The van der Waals surface area contributed by atoms with Gasteiger partial charge in [0, 0.05) is 24.6 Å². The Kier molecular flexibility index (Phi) is 4.54. The first-order chi connectivity index (χ1) is 6.97. The van der Waals surface area contributed by atoms with Crippen molar-refractivity contribution in [3.05, 3.63) is 0 Å². The minimum Gasteiger partial charge on any atom is -0.381 e. The van der Waals surface area contributed by atoms with E-state index >= 15 is 0 Å². The van der Waals surface area contributed by atoms with E-state index in [0.717, 1.165) is 26.2 Å². The van der Waals surface area contributed by atoms with Gasteiger partial charge in [-0.05, 0) is 27.2 Å². The summed E-state index contributed by atoms with van der Waals surface area (Å²) in [6, 6.07) is 0. The predicted octanol–water partition coefficient (Wildman–Crippen LogP) is 0.527. The van der Waals surface area contributed by atoms with Crippen LogP contribution in [0.5, 0.6) is 0 Å². The van der Waals surface area contributed by atoms with Crippen LogP contribution in [0, 0.1) is 5.92 Å². The van der Waals surface area contributed by atoms with Gasteiger partial charge in [0.1, 0.15) is 0 Å². The highest BCUT2D eigenvalue weighted by atomic mass is 16.5. The van der Waals surface area contributed by atoms with Crippen molar-refractivity contribution < 1.29 is 9.53 Å². The van der Waals surface area contributed by atoms with Crippen LogP contribution in [0.25, 0.3) is 0 Å². The molecule has 0 saturated carbocycles. The van der Waals surface area contributed by atoms with E-state index in [2.05, 4.69) is 10.6 Å². The third-order valence-corrected chi connectivity index (χ3v) is 2.39. The van der Waals surface area contributed by atoms with Crippen molar-refractivity contribution >= 4 is 5.91 Å². The van der Waals surface area contributed by atoms with E-state index in [-0.39, 0.29) is 11.4 Å². The molecule has 0 spiro atoms. The molecule has 0 bridgehead atoms. The standard InChI is InChI=1S/C11H22N2O2/c1-11(2,3)13-7-10(14)12-6-9-4-5-15-8-9/h9,13H,4-8H2,1-3H3,(H,12,14). The maximum Gasteiger partial charge on any atom is 0.233 e. The molecule has 1 saturated heterocycles. The Morgan fingerprint density at radius 2 is 2.20 bits per heavy atom. The monoisotopic (exact) mass is 214 g/mol. The van der Waals surface area contributed by atoms with Gasteiger partial charge in [-0.25, -0.2) is 0 Å². The molecule has 1 aliphatic heterocycles. The van der Waals surface area contributed by atoms with Crippen molar-refractivity contribution in [1.29, 1.82) is 0 Å². The molecule has 0 radical (unpaired) electrons. The zero-order chi connectivity index (χ0) is 11.3. The molecule has 1 aliphatic rings. The molecule has 0 aromatic heterocycles. The summed E-state index contributed by atoms with van der Waals surface area (Å²) >= 11 is 0. The molecular formula is C11H22N2O2. The van der Waals surface area contributed by atoms with E-state index in [9.17, 15) is 4.79 Å². The highest BCUT2D eigenvalue weighted by Gasteiger charge is 2.17. The summed E-state index contributed by atoms with van der Waals surface area (Å²) in [7, 11) is 0. The Labute approximate surface area is 91.8 Å². The average molecular weight is 214 g/mol. The lowest BCUT2D eigenvalue weighted by Gasteiger charge is -2.20. The summed E-state index contributed by atoms with van der Waals surface area (Å²) in [5.41, 5.74) is -0.00614. The fourth-order valence-electron chi connectivity index (χ4n) is 1.41. The Hall–Kier alpha value is -0.610. The van der Waals surface area contributed by atoms with Gasteiger partial charge in [0.05, 0.1) is 13.2 Å². The van der Waals surface area contributed by atoms with E-state index in [0.29, 0.717) is 12.5 Å². The van der Waals surface area contributed by atoms with E-state index in [4.69, 9.17) is 4.74 Å². The summed E-state index contributed by atoms with van der Waals surface area (Å²) in [6.45, 7) is 8.89.